The lowest BCUT2D eigenvalue weighted by Gasteiger charge is -2.06. The van der Waals surface area contributed by atoms with E-state index in [-0.39, 0.29) is 18.2 Å². The number of anilines is 1. The van der Waals surface area contributed by atoms with Crippen molar-refractivity contribution >= 4 is 39.1 Å². The van der Waals surface area contributed by atoms with Gasteiger partial charge in [-0.25, -0.2) is 4.98 Å². The van der Waals surface area contributed by atoms with Gasteiger partial charge in [0.25, 0.3) is 0 Å². The van der Waals surface area contributed by atoms with Gasteiger partial charge in [0.1, 0.15) is 11.5 Å². The van der Waals surface area contributed by atoms with Gasteiger partial charge in [-0.15, -0.1) is 11.3 Å². The molecule has 29 heavy (non-hydrogen) atoms. The smallest absolute Gasteiger partial charge is 0.230 e. The molecular formula is C22H19N3O3S. The zero-order valence-corrected chi connectivity index (χ0v) is 16.6. The van der Waals surface area contributed by atoms with E-state index in [1.165, 1.54) is 18.3 Å². The second-order valence-electron chi connectivity index (χ2n) is 6.58. The number of aromatic nitrogens is 1. The van der Waals surface area contributed by atoms with Crippen LogP contribution in [-0.4, -0.2) is 16.8 Å². The molecule has 0 spiro atoms. The fourth-order valence-corrected chi connectivity index (χ4v) is 3.77. The molecule has 2 aromatic heterocycles. The number of rotatable bonds is 6. The minimum atomic E-state index is -0.118. The first-order valence-corrected chi connectivity index (χ1v) is 10.0. The van der Waals surface area contributed by atoms with Gasteiger partial charge in [-0.3, -0.25) is 9.59 Å². The van der Waals surface area contributed by atoms with Crippen LogP contribution < -0.4 is 10.6 Å². The van der Waals surface area contributed by atoms with Gasteiger partial charge in [-0.05, 0) is 28.5 Å². The molecule has 7 heteroatoms. The Morgan fingerprint density at radius 3 is 2.76 bits per heavy atom. The number of carbonyl (C=O) groups excluding carboxylic acids is 2. The lowest BCUT2D eigenvalue weighted by molar-refractivity contribution is -0.119. The molecule has 4 aromatic rings. The average molecular weight is 405 g/mol. The highest BCUT2D eigenvalue weighted by Gasteiger charge is 2.13. The van der Waals surface area contributed by atoms with E-state index in [1.807, 2.05) is 47.8 Å². The van der Waals surface area contributed by atoms with Crippen molar-refractivity contribution in [3.63, 3.8) is 0 Å². The maximum absolute atomic E-state index is 12.5. The normalized spacial score (nSPS) is 10.8. The predicted molar refractivity (Wildman–Crippen MR) is 114 cm³/mol. The number of hydrogen-bond donors (Lipinski definition) is 2. The third kappa shape index (κ3) is 4.52. The second-order valence-corrected chi connectivity index (χ2v) is 7.43. The number of hydrogen-bond acceptors (Lipinski definition) is 5. The molecule has 0 radical (unpaired) electrons. The first kappa shape index (κ1) is 18.9. The number of nitrogens with one attached hydrogen (secondary N) is 2. The molecule has 0 aliphatic rings. The molecule has 0 saturated carbocycles. The largest absolute Gasteiger partial charge is 0.458 e. The summed E-state index contributed by atoms with van der Waals surface area (Å²) in [5, 5.41) is 10.1. The quantitative estimate of drug-likeness (QED) is 0.499. The van der Waals surface area contributed by atoms with Crippen LogP contribution in [0.3, 0.4) is 0 Å². The van der Waals surface area contributed by atoms with Crippen LogP contribution in [-0.2, 0) is 22.6 Å². The van der Waals surface area contributed by atoms with Crippen LogP contribution in [0.2, 0.25) is 0 Å². The van der Waals surface area contributed by atoms with Gasteiger partial charge >= 0.3 is 0 Å². The molecule has 0 saturated heterocycles. The number of fused-ring (bicyclic) bond motifs is 1. The lowest BCUT2D eigenvalue weighted by Crippen LogP contribution is -2.18. The van der Waals surface area contributed by atoms with Crippen molar-refractivity contribution in [3.05, 3.63) is 71.3 Å². The summed E-state index contributed by atoms with van der Waals surface area (Å²) in [6.45, 7) is 1.78. The van der Waals surface area contributed by atoms with Crippen LogP contribution >= 0.6 is 11.3 Å². The molecule has 2 amide bonds. The Kier molecular flexibility index (Phi) is 5.39. The Bertz CT molecular complexity index is 1170. The van der Waals surface area contributed by atoms with Crippen molar-refractivity contribution in [2.75, 3.05) is 5.32 Å². The van der Waals surface area contributed by atoms with Crippen LogP contribution in [0.4, 0.5) is 5.13 Å². The molecule has 4 rings (SSSR count). The standard InChI is InChI=1S/C22H19N3O3S/c1-14(26)23-12-17-9-10-20(28-17)19-13-29-22(24-19)25-21(27)11-16-7-4-6-15-5-2-3-8-18(15)16/h2-10,13H,11-12H2,1H3,(H,23,26)(H,24,25,27). The maximum atomic E-state index is 12.5. The van der Waals surface area contributed by atoms with Crippen molar-refractivity contribution in [3.8, 4) is 11.5 Å². The van der Waals surface area contributed by atoms with Gasteiger partial charge in [0.15, 0.2) is 10.9 Å². The fraction of sp³-hybridized carbons (Fsp3) is 0.136. The fourth-order valence-electron chi connectivity index (χ4n) is 3.05. The first-order valence-electron chi connectivity index (χ1n) is 9.14. The second kappa shape index (κ2) is 8.28. The summed E-state index contributed by atoms with van der Waals surface area (Å²) < 4.78 is 5.70. The minimum Gasteiger partial charge on any atom is -0.458 e. The van der Waals surface area contributed by atoms with Crippen LogP contribution in [0, 0.1) is 0 Å². The minimum absolute atomic E-state index is 0.118. The third-order valence-corrected chi connectivity index (χ3v) is 5.16. The first-order chi connectivity index (χ1) is 14.1. The number of nitrogens with zero attached hydrogens (tertiary/aromatic N) is 1. The van der Waals surface area contributed by atoms with Gasteiger partial charge in [0.05, 0.1) is 13.0 Å². The SMILES string of the molecule is CC(=O)NCc1ccc(-c2csc(NC(=O)Cc3cccc4ccccc34)n2)o1. The van der Waals surface area contributed by atoms with Gasteiger partial charge in [0.2, 0.25) is 11.8 Å². The molecule has 2 aromatic carbocycles. The van der Waals surface area contributed by atoms with Crippen LogP contribution in [0.5, 0.6) is 0 Å². The molecule has 0 fully saturated rings. The van der Waals surface area contributed by atoms with E-state index in [4.69, 9.17) is 4.42 Å². The molecule has 0 bridgehead atoms. The summed E-state index contributed by atoms with van der Waals surface area (Å²) in [6.07, 6.45) is 0.276. The third-order valence-electron chi connectivity index (χ3n) is 4.41. The summed E-state index contributed by atoms with van der Waals surface area (Å²) in [6, 6.07) is 17.6. The van der Waals surface area contributed by atoms with Gasteiger partial charge < -0.3 is 15.1 Å². The topological polar surface area (TPSA) is 84.2 Å². The Morgan fingerprint density at radius 2 is 1.90 bits per heavy atom. The summed E-state index contributed by atoms with van der Waals surface area (Å²) in [5.41, 5.74) is 1.62. The Hall–Kier alpha value is -3.45. The highest BCUT2D eigenvalue weighted by atomic mass is 32.1. The van der Waals surface area contributed by atoms with E-state index in [1.54, 1.807) is 12.1 Å². The predicted octanol–water partition coefficient (Wildman–Crippen LogP) is 4.37. The van der Waals surface area contributed by atoms with Crippen LogP contribution in [0.15, 0.2) is 64.4 Å². The van der Waals surface area contributed by atoms with Gasteiger partial charge in [0, 0.05) is 12.3 Å². The van der Waals surface area contributed by atoms with Gasteiger partial charge in [-0.2, -0.15) is 0 Å². The lowest BCUT2D eigenvalue weighted by atomic mass is 10.0. The van der Waals surface area contributed by atoms with Gasteiger partial charge in [-0.1, -0.05) is 42.5 Å². The molecule has 0 atom stereocenters. The number of amides is 2. The zero-order chi connectivity index (χ0) is 20.2. The molecule has 2 heterocycles. The molecule has 6 nitrogen and oxygen atoms in total. The Labute approximate surface area is 171 Å². The van der Waals surface area contributed by atoms with E-state index < -0.39 is 0 Å². The van der Waals surface area contributed by atoms with Crippen molar-refractivity contribution in [1.29, 1.82) is 0 Å². The van der Waals surface area contributed by atoms with E-state index in [9.17, 15) is 9.59 Å². The molecule has 0 aliphatic heterocycles. The molecule has 2 N–H and O–H groups in total. The Morgan fingerprint density at radius 1 is 1.07 bits per heavy atom. The maximum Gasteiger partial charge on any atom is 0.230 e. The summed E-state index contributed by atoms with van der Waals surface area (Å²) in [5.74, 6) is 1.00. The molecule has 0 unspecified atom stereocenters. The molecule has 146 valence electrons. The number of thiazole rings is 1. The number of carbonyl (C=O) groups is 2. The van der Waals surface area contributed by atoms with Crippen molar-refractivity contribution in [2.24, 2.45) is 0 Å². The van der Waals surface area contributed by atoms with E-state index in [0.717, 1.165) is 16.3 Å². The van der Waals surface area contributed by atoms with Crippen molar-refractivity contribution < 1.29 is 14.0 Å². The summed E-state index contributed by atoms with van der Waals surface area (Å²) in [4.78, 5) is 28.0. The molecular weight excluding hydrogens is 386 g/mol. The number of furan rings is 1. The van der Waals surface area contributed by atoms with E-state index in [2.05, 4.69) is 15.6 Å². The van der Waals surface area contributed by atoms with Crippen LogP contribution in [0.25, 0.3) is 22.2 Å². The van der Waals surface area contributed by atoms with Crippen molar-refractivity contribution in [2.45, 2.75) is 19.9 Å². The summed E-state index contributed by atoms with van der Waals surface area (Å²) in [7, 11) is 0. The highest BCUT2D eigenvalue weighted by Crippen LogP contribution is 2.27. The van der Waals surface area contributed by atoms with E-state index in [0.29, 0.717) is 28.9 Å². The summed E-state index contributed by atoms with van der Waals surface area (Å²) >= 11 is 1.34. The van der Waals surface area contributed by atoms with Crippen LogP contribution in [0.1, 0.15) is 18.2 Å². The Balaban J connectivity index is 1.42. The highest BCUT2D eigenvalue weighted by molar-refractivity contribution is 7.14. The number of benzene rings is 2. The monoisotopic (exact) mass is 405 g/mol. The van der Waals surface area contributed by atoms with Crippen molar-refractivity contribution in [1.82, 2.24) is 10.3 Å². The average Bonchev–Trinajstić information content (AvgIpc) is 3.36. The molecule has 0 aliphatic carbocycles. The zero-order valence-electron chi connectivity index (χ0n) is 15.8. The van der Waals surface area contributed by atoms with E-state index >= 15 is 0 Å².